The number of halogens is 1. The maximum atomic E-state index is 12.2. The molecule has 0 atom stereocenters. The molecule has 2 aromatic rings. The van der Waals surface area contributed by atoms with Crippen molar-refractivity contribution < 1.29 is 19.1 Å². The van der Waals surface area contributed by atoms with Gasteiger partial charge in [-0.25, -0.2) is 0 Å². The van der Waals surface area contributed by atoms with Crippen molar-refractivity contribution in [3.63, 3.8) is 0 Å². The number of rotatable bonds is 7. The van der Waals surface area contributed by atoms with Gasteiger partial charge in [0.1, 0.15) is 17.4 Å². The molecule has 0 unspecified atom stereocenters. The number of esters is 1. The molecule has 1 aromatic carbocycles. The van der Waals surface area contributed by atoms with Gasteiger partial charge in [-0.3, -0.25) is 14.4 Å². The van der Waals surface area contributed by atoms with E-state index in [4.69, 9.17) is 26.3 Å². The Hall–Kier alpha value is -3.11. The molecule has 1 N–H and O–H groups in total. The van der Waals surface area contributed by atoms with Crippen molar-refractivity contribution in [2.45, 2.75) is 26.7 Å². The van der Waals surface area contributed by atoms with E-state index < -0.39 is 18.1 Å². The number of ether oxygens (including phenoxy) is 2. The minimum Gasteiger partial charge on any atom is -0.495 e. The average Bonchev–Trinajstić information content (AvgIpc) is 2.65. The van der Waals surface area contributed by atoms with Gasteiger partial charge >= 0.3 is 5.97 Å². The van der Waals surface area contributed by atoms with Crippen molar-refractivity contribution >= 4 is 23.4 Å². The molecular formula is C20H19ClN2O5. The van der Waals surface area contributed by atoms with Gasteiger partial charge in [-0.2, -0.15) is 5.26 Å². The number of aromatic amines is 1. The third-order valence-corrected chi connectivity index (χ3v) is 4.63. The third kappa shape index (κ3) is 4.78. The Morgan fingerprint density at radius 2 is 2.00 bits per heavy atom. The van der Waals surface area contributed by atoms with Gasteiger partial charge in [0.15, 0.2) is 12.4 Å². The summed E-state index contributed by atoms with van der Waals surface area (Å²) in [7, 11) is 1.47. The summed E-state index contributed by atoms with van der Waals surface area (Å²) in [6, 6.07) is 6.42. The number of nitrogens with zero attached hydrogens (tertiary/aromatic N) is 1. The Labute approximate surface area is 166 Å². The summed E-state index contributed by atoms with van der Waals surface area (Å²) < 4.78 is 10.1. The van der Waals surface area contributed by atoms with Gasteiger partial charge in [0.25, 0.3) is 5.56 Å². The number of hydrogen-bond donors (Lipinski definition) is 1. The molecule has 0 saturated carbocycles. The number of hydrogen-bond acceptors (Lipinski definition) is 6. The normalized spacial score (nSPS) is 10.2. The van der Waals surface area contributed by atoms with Crippen LogP contribution in [0.3, 0.4) is 0 Å². The summed E-state index contributed by atoms with van der Waals surface area (Å²) >= 11 is 5.99. The van der Waals surface area contributed by atoms with Crippen LogP contribution in [0.5, 0.6) is 5.75 Å². The molecular weight excluding hydrogens is 384 g/mol. The minimum atomic E-state index is -0.559. The van der Waals surface area contributed by atoms with Crippen molar-refractivity contribution in [1.82, 2.24) is 4.98 Å². The number of H-pyrrole nitrogens is 1. The van der Waals surface area contributed by atoms with E-state index in [1.807, 2.05) is 6.07 Å². The number of carbonyl (C=O) groups is 2. The quantitative estimate of drug-likeness (QED) is 0.563. The fourth-order valence-electron chi connectivity index (χ4n) is 2.79. The molecule has 0 fully saturated rings. The average molecular weight is 403 g/mol. The summed E-state index contributed by atoms with van der Waals surface area (Å²) in [5, 5.41) is 9.37. The first kappa shape index (κ1) is 21.2. The van der Waals surface area contributed by atoms with Crippen LogP contribution in [0.2, 0.25) is 5.02 Å². The lowest BCUT2D eigenvalue weighted by Gasteiger charge is -2.11. The molecule has 0 aliphatic heterocycles. The van der Waals surface area contributed by atoms with Crippen LogP contribution in [0.25, 0.3) is 0 Å². The van der Waals surface area contributed by atoms with Crippen LogP contribution in [-0.4, -0.2) is 30.5 Å². The molecule has 28 heavy (non-hydrogen) atoms. The van der Waals surface area contributed by atoms with E-state index in [1.54, 1.807) is 19.9 Å². The molecule has 2 rings (SSSR count). The van der Waals surface area contributed by atoms with Crippen LogP contribution in [0.1, 0.15) is 39.2 Å². The fraction of sp³-hybridized carbons (Fsp3) is 0.300. The van der Waals surface area contributed by atoms with Crippen molar-refractivity contribution in [3.05, 3.63) is 61.5 Å². The number of methoxy groups -OCH3 is 1. The zero-order valence-electron chi connectivity index (χ0n) is 15.7. The number of carbonyl (C=O) groups excluding carboxylic acids is 2. The molecule has 146 valence electrons. The molecule has 0 aliphatic carbocycles. The molecule has 0 saturated heterocycles. The standard InChI is InChI=1S/C20H19ClN2O5/c1-11-14(12(2)23-20(26)15(11)9-22)5-7-19(25)28-10-17(24)13-4-6-18(27-3)16(21)8-13/h4,6,8H,5,7,10H2,1-3H3,(H,23,26). The van der Waals surface area contributed by atoms with Gasteiger partial charge in [0, 0.05) is 17.7 Å². The summed E-state index contributed by atoms with van der Waals surface area (Å²) in [6.07, 6.45) is 0.291. The van der Waals surface area contributed by atoms with Gasteiger partial charge < -0.3 is 14.5 Å². The fourth-order valence-corrected chi connectivity index (χ4v) is 3.05. The van der Waals surface area contributed by atoms with Crippen molar-refractivity contribution in [2.75, 3.05) is 13.7 Å². The van der Waals surface area contributed by atoms with Gasteiger partial charge in [-0.05, 0) is 49.6 Å². The number of Topliss-reactive ketones (excluding diaryl/α,β-unsaturated/α-hetero) is 1. The number of benzene rings is 1. The summed E-state index contributed by atoms with van der Waals surface area (Å²) in [6.45, 7) is 2.96. The maximum absolute atomic E-state index is 12.2. The first-order valence-electron chi connectivity index (χ1n) is 8.43. The Morgan fingerprint density at radius 1 is 1.29 bits per heavy atom. The topological polar surface area (TPSA) is 109 Å². The van der Waals surface area contributed by atoms with Crippen LogP contribution in [0, 0.1) is 25.2 Å². The zero-order valence-corrected chi connectivity index (χ0v) is 16.5. The van der Waals surface area contributed by atoms with Crippen LogP contribution in [0.4, 0.5) is 0 Å². The second-order valence-electron chi connectivity index (χ2n) is 6.10. The van der Waals surface area contributed by atoms with E-state index in [-0.39, 0.29) is 29.2 Å². The second-order valence-corrected chi connectivity index (χ2v) is 6.51. The Kier molecular flexibility index (Phi) is 6.96. The number of aromatic nitrogens is 1. The molecule has 7 nitrogen and oxygen atoms in total. The second kappa shape index (κ2) is 9.20. The third-order valence-electron chi connectivity index (χ3n) is 4.34. The monoisotopic (exact) mass is 402 g/mol. The Balaban J connectivity index is 1.97. The van der Waals surface area contributed by atoms with Gasteiger partial charge in [-0.15, -0.1) is 0 Å². The molecule has 0 aliphatic rings. The van der Waals surface area contributed by atoms with Gasteiger partial charge in [0.2, 0.25) is 0 Å². The summed E-state index contributed by atoms with van der Waals surface area (Å²) in [5.74, 6) is -0.504. The van der Waals surface area contributed by atoms with Crippen molar-refractivity contribution in [1.29, 1.82) is 5.26 Å². The van der Waals surface area contributed by atoms with Crippen LogP contribution in [-0.2, 0) is 16.0 Å². The Morgan fingerprint density at radius 3 is 2.61 bits per heavy atom. The molecule has 0 spiro atoms. The zero-order chi connectivity index (χ0) is 20.8. The number of nitriles is 1. The molecule has 1 heterocycles. The van der Waals surface area contributed by atoms with Crippen LogP contribution in [0.15, 0.2) is 23.0 Å². The largest absolute Gasteiger partial charge is 0.495 e. The molecule has 0 bridgehead atoms. The Bertz CT molecular complexity index is 1020. The lowest BCUT2D eigenvalue weighted by atomic mass is 9.99. The smallest absolute Gasteiger partial charge is 0.306 e. The molecule has 0 amide bonds. The van der Waals surface area contributed by atoms with Crippen LogP contribution < -0.4 is 10.3 Å². The highest BCUT2D eigenvalue weighted by molar-refractivity contribution is 6.32. The van der Waals surface area contributed by atoms with E-state index in [1.165, 1.54) is 19.2 Å². The van der Waals surface area contributed by atoms with Gasteiger partial charge in [0.05, 0.1) is 12.1 Å². The molecule has 0 radical (unpaired) electrons. The van der Waals surface area contributed by atoms with Crippen LogP contribution >= 0.6 is 11.6 Å². The van der Waals surface area contributed by atoms with E-state index in [0.29, 0.717) is 28.1 Å². The number of pyridine rings is 1. The highest BCUT2D eigenvalue weighted by Crippen LogP contribution is 2.25. The van der Waals surface area contributed by atoms with E-state index in [2.05, 4.69) is 4.98 Å². The lowest BCUT2D eigenvalue weighted by molar-refractivity contribution is -0.142. The van der Waals surface area contributed by atoms with E-state index in [9.17, 15) is 14.4 Å². The first-order chi connectivity index (χ1) is 13.3. The number of nitrogens with one attached hydrogen (secondary N) is 1. The van der Waals surface area contributed by atoms with Crippen molar-refractivity contribution in [2.24, 2.45) is 0 Å². The molecule has 1 aromatic heterocycles. The number of aryl methyl sites for hydroxylation is 1. The van der Waals surface area contributed by atoms with Gasteiger partial charge in [-0.1, -0.05) is 11.6 Å². The predicted octanol–water partition coefficient (Wildman–Crippen LogP) is 2.88. The first-order valence-corrected chi connectivity index (χ1v) is 8.81. The summed E-state index contributed by atoms with van der Waals surface area (Å²) in [4.78, 5) is 38.5. The van der Waals surface area contributed by atoms with E-state index >= 15 is 0 Å². The SMILES string of the molecule is COc1ccc(C(=O)COC(=O)CCc2c(C)[nH]c(=O)c(C#N)c2C)cc1Cl. The van der Waals surface area contributed by atoms with Crippen molar-refractivity contribution in [3.8, 4) is 11.8 Å². The highest BCUT2D eigenvalue weighted by Gasteiger charge is 2.15. The number of ketones is 1. The molecule has 8 heteroatoms. The minimum absolute atomic E-state index is 0.00917. The summed E-state index contributed by atoms with van der Waals surface area (Å²) in [5.41, 5.74) is 1.73. The lowest BCUT2D eigenvalue weighted by Crippen LogP contribution is -2.18. The highest BCUT2D eigenvalue weighted by atomic mass is 35.5. The maximum Gasteiger partial charge on any atom is 0.306 e. The van der Waals surface area contributed by atoms with E-state index in [0.717, 1.165) is 0 Å². The predicted molar refractivity (Wildman–Crippen MR) is 103 cm³/mol.